The molecule has 92 valence electrons. The van der Waals surface area contributed by atoms with Gasteiger partial charge in [0.1, 0.15) is 0 Å². The lowest BCUT2D eigenvalue weighted by Gasteiger charge is -2.12. The molecular weight excluding hydrogens is 300 g/mol. The van der Waals surface area contributed by atoms with Crippen molar-refractivity contribution in [2.45, 2.75) is 32.9 Å². The second-order valence-electron chi connectivity index (χ2n) is 3.87. The van der Waals surface area contributed by atoms with Crippen LogP contribution in [0.4, 0.5) is 0 Å². The fraction of sp³-hybridized carbons (Fsp3) is 0.455. The first-order valence-electron chi connectivity index (χ1n) is 5.52. The first kappa shape index (κ1) is 12.7. The number of nitrogens with zero attached hydrogens (tertiary/aromatic N) is 3. The van der Waals surface area contributed by atoms with Crippen molar-refractivity contribution in [3.05, 3.63) is 32.4 Å². The minimum atomic E-state index is -0.219. The highest BCUT2D eigenvalue weighted by atomic mass is 79.9. The van der Waals surface area contributed by atoms with Crippen LogP contribution >= 0.6 is 27.3 Å². The van der Waals surface area contributed by atoms with Gasteiger partial charge in [-0.3, -0.25) is 4.68 Å². The van der Waals surface area contributed by atoms with E-state index < -0.39 is 0 Å². The van der Waals surface area contributed by atoms with Crippen LogP contribution < -0.4 is 5.73 Å². The number of aryl methyl sites for hydroxylation is 2. The zero-order valence-electron chi connectivity index (χ0n) is 9.85. The van der Waals surface area contributed by atoms with Crippen molar-refractivity contribution in [3.63, 3.8) is 0 Å². The highest BCUT2D eigenvalue weighted by Gasteiger charge is 2.19. The van der Waals surface area contributed by atoms with Gasteiger partial charge >= 0.3 is 0 Å². The number of aromatic nitrogens is 3. The van der Waals surface area contributed by atoms with Crippen LogP contribution in [-0.4, -0.2) is 14.8 Å². The maximum absolute atomic E-state index is 6.26. The van der Waals surface area contributed by atoms with E-state index >= 15 is 0 Å². The first-order chi connectivity index (χ1) is 8.13. The molecule has 2 heterocycles. The first-order valence-corrected chi connectivity index (χ1v) is 7.19. The van der Waals surface area contributed by atoms with Gasteiger partial charge in [0, 0.05) is 11.9 Å². The molecule has 1 unspecified atom stereocenters. The van der Waals surface area contributed by atoms with Crippen molar-refractivity contribution in [1.29, 1.82) is 0 Å². The van der Waals surface area contributed by atoms with E-state index in [0.717, 1.165) is 33.8 Å². The van der Waals surface area contributed by atoms with Gasteiger partial charge in [0.25, 0.3) is 0 Å². The zero-order chi connectivity index (χ0) is 12.4. The highest BCUT2D eigenvalue weighted by molar-refractivity contribution is 9.10. The number of halogens is 1. The molecule has 0 bridgehead atoms. The smallest absolute Gasteiger partial charge is 0.0917 e. The Hall–Kier alpha value is -0.720. The van der Waals surface area contributed by atoms with Gasteiger partial charge in [0.2, 0.25) is 0 Å². The van der Waals surface area contributed by atoms with Gasteiger partial charge in [0.15, 0.2) is 0 Å². The third kappa shape index (κ3) is 2.59. The lowest BCUT2D eigenvalue weighted by molar-refractivity contribution is 0.556. The van der Waals surface area contributed by atoms with Crippen LogP contribution in [0.3, 0.4) is 0 Å². The van der Waals surface area contributed by atoms with Crippen LogP contribution in [0.25, 0.3) is 0 Å². The quantitative estimate of drug-likeness (QED) is 0.944. The average molecular weight is 315 g/mol. The molecule has 17 heavy (non-hydrogen) atoms. The number of thiazole rings is 1. The molecule has 0 spiro atoms. The van der Waals surface area contributed by atoms with Crippen molar-refractivity contribution in [1.82, 2.24) is 14.8 Å². The Morgan fingerprint density at radius 3 is 2.94 bits per heavy atom. The summed E-state index contributed by atoms with van der Waals surface area (Å²) in [6.07, 6.45) is 2.83. The van der Waals surface area contributed by atoms with Gasteiger partial charge in [-0.1, -0.05) is 6.92 Å². The van der Waals surface area contributed by atoms with Crippen LogP contribution in [0.15, 0.2) is 16.0 Å². The Bertz CT molecular complexity index is 505. The lowest BCUT2D eigenvalue weighted by Crippen LogP contribution is -2.18. The summed E-state index contributed by atoms with van der Waals surface area (Å²) in [5.41, 5.74) is 8.17. The normalized spacial score (nSPS) is 12.9. The minimum Gasteiger partial charge on any atom is -0.318 e. The van der Waals surface area contributed by atoms with E-state index in [1.54, 1.807) is 17.5 Å². The molecular formula is C11H15BrN4S. The molecule has 0 radical (unpaired) electrons. The average Bonchev–Trinajstić information content (AvgIpc) is 2.86. The summed E-state index contributed by atoms with van der Waals surface area (Å²) in [6.45, 7) is 4.98. The predicted molar refractivity (Wildman–Crippen MR) is 73.1 cm³/mol. The van der Waals surface area contributed by atoms with E-state index in [9.17, 15) is 0 Å². The molecule has 6 heteroatoms. The van der Waals surface area contributed by atoms with Crippen molar-refractivity contribution in [2.75, 3.05) is 0 Å². The molecule has 0 aliphatic heterocycles. The molecule has 2 rings (SSSR count). The highest BCUT2D eigenvalue weighted by Crippen LogP contribution is 2.27. The standard InChI is InChI=1S/C11H15BrN4S/c1-3-4-16-11(8(12)5-14-16)10(13)9-6-17-7(2)15-9/h5-6,10H,3-4,13H2,1-2H3. The molecule has 0 aliphatic rings. The molecule has 0 fully saturated rings. The van der Waals surface area contributed by atoms with Gasteiger partial charge in [-0.25, -0.2) is 4.98 Å². The molecule has 2 aromatic rings. The van der Waals surface area contributed by atoms with Crippen LogP contribution in [0.2, 0.25) is 0 Å². The van der Waals surface area contributed by atoms with Crippen LogP contribution in [0.1, 0.15) is 35.8 Å². The Morgan fingerprint density at radius 2 is 2.35 bits per heavy atom. The molecule has 0 saturated heterocycles. The molecule has 2 aromatic heterocycles. The summed E-state index contributed by atoms with van der Waals surface area (Å²) >= 11 is 5.12. The second kappa shape index (κ2) is 5.29. The zero-order valence-corrected chi connectivity index (χ0v) is 12.3. The van der Waals surface area contributed by atoms with E-state index in [2.05, 4.69) is 32.9 Å². The predicted octanol–water partition coefficient (Wildman–Crippen LogP) is 2.87. The largest absolute Gasteiger partial charge is 0.318 e. The summed E-state index contributed by atoms with van der Waals surface area (Å²) in [6, 6.07) is -0.219. The maximum atomic E-state index is 6.26. The Balaban J connectivity index is 2.35. The van der Waals surface area contributed by atoms with Crippen molar-refractivity contribution < 1.29 is 0 Å². The Labute approximate surface area is 113 Å². The molecule has 4 nitrogen and oxygen atoms in total. The molecule has 0 amide bonds. The summed E-state index contributed by atoms with van der Waals surface area (Å²) in [7, 11) is 0. The van der Waals surface area contributed by atoms with Crippen LogP contribution in [-0.2, 0) is 6.54 Å². The number of rotatable bonds is 4. The lowest BCUT2D eigenvalue weighted by atomic mass is 10.1. The number of nitrogens with two attached hydrogens (primary N) is 1. The van der Waals surface area contributed by atoms with E-state index in [-0.39, 0.29) is 6.04 Å². The third-order valence-electron chi connectivity index (χ3n) is 2.52. The van der Waals surface area contributed by atoms with Crippen molar-refractivity contribution in [2.24, 2.45) is 5.73 Å². The number of hydrogen-bond acceptors (Lipinski definition) is 4. The third-order valence-corrected chi connectivity index (χ3v) is 3.92. The van der Waals surface area contributed by atoms with E-state index in [0.29, 0.717) is 0 Å². The summed E-state index contributed by atoms with van der Waals surface area (Å²) < 4.78 is 2.90. The molecule has 0 saturated carbocycles. The molecule has 0 aliphatic carbocycles. The summed E-state index contributed by atoms with van der Waals surface area (Å²) in [4.78, 5) is 4.44. The summed E-state index contributed by atoms with van der Waals surface area (Å²) in [5.74, 6) is 0. The number of hydrogen-bond donors (Lipinski definition) is 1. The van der Waals surface area contributed by atoms with Gasteiger partial charge in [-0.05, 0) is 29.3 Å². The van der Waals surface area contributed by atoms with Crippen molar-refractivity contribution in [3.8, 4) is 0 Å². The van der Waals surface area contributed by atoms with Gasteiger partial charge in [0.05, 0.1) is 33.1 Å². The minimum absolute atomic E-state index is 0.219. The van der Waals surface area contributed by atoms with E-state index in [1.165, 1.54) is 0 Å². The molecule has 1 atom stereocenters. The topological polar surface area (TPSA) is 56.7 Å². The fourth-order valence-electron chi connectivity index (χ4n) is 1.73. The molecule has 0 aromatic carbocycles. The second-order valence-corrected chi connectivity index (χ2v) is 5.79. The van der Waals surface area contributed by atoms with E-state index in [1.807, 2.05) is 17.0 Å². The fourth-order valence-corrected chi connectivity index (χ4v) is 2.93. The Morgan fingerprint density at radius 1 is 1.59 bits per heavy atom. The SMILES string of the molecule is CCCn1ncc(Br)c1C(N)c1csc(C)n1. The monoisotopic (exact) mass is 314 g/mol. The Kier molecular flexibility index (Phi) is 3.96. The molecule has 2 N–H and O–H groups in total. The van der Waals surface area contributed by atoms with Gasteiger partial charge < -0.3 is 5.73 Å². The van der Waals surface area contributed by atoms with Crippen molar-refractivity contribution >= 4 is 27.3 Å². The summed E-state index contributed by atoms with van der Waals surface area (Å²) in [5, 5.41) is 7.37. The van der Waals surface area contributed by atoms with Crippen LogP contribution in [0.5, 0.6) is 0 Å². The van der Waals surface area contributed by atoms with Gasteiger partial charge in [-0.15, -0.1) is 11.3 Å². The van der Waals surface area contributed by atoms with Gasteiger partial charge in [-0.2, -0.15) is 5.10 Å². The van der Waals surface area contributed by atoms with Crippen LogP contribution in [0, 0.1) is 6.92 Å². The maximum Gasteiger partial charge on any atom is 0.0917 e. The van der Waals surface area contributed by atoms with E-state index in [4.69, 9.17) is 5.73 Å².